The second kappa shape index (κ2) is 9.67. The minimum Gasteiger partial charge on any atom is -0.480 e. The van der Waals surface area contributed by atoms with Crippen LogP contribution in [0.1, 0.15) is 5.56 Å². The number of nitrogens with one attached hydrogen (secondary N) is 2. The molecule has 0 saturated heterocycles. The molecule has 0 unspecified atom stereocenters. The van der Waals surface area contributed by atoms with Crippen LogP contribution in [0.4, 0.5) is 4.79 Å². The van der Waals surface area contributed by atoms with Gasteiger partial charge >= 0.3 is 12.1 Å². The van der Waals surface area contributed by atoms with Crippen LogP contribution in [0.2, 0.25) is 0 Å². The van der Waals surface area contributed by atoms with E-state index in [1.807, 2.05) is 30.3 Å². The largest absolute Gasteiger partial charge is 0.480 e. The fraction of sp³-hybridized carbons (Fsp3) is 0.308. The van der Waals surface area contributed by atoms with Crippen LogP contribution in [0, 0.1) is 0 Å². The van der Waals surface area contributed by atoms with Gasteiger partial charge in [0.05, 0.1) is 6.61 Å². The maximum atomic E-state index is 11.4. The molecule has 21 heavy (non-hydrogen) atoms. The third-order valence-electron chi connectivity index (χ3n) is 2.19. The fourth-order valence-corrected chi connectivity index (χ4v) is 1.48. The van der Waals surface area contributed by atoms with Gasteiger partial charge < -0.3 is 19.9 Å². The van der Waals surface area contributed by atoms with Crippen LogP contribution in [0.25, 0.3) is 0 Å². The lowest BCUT2D eigenvalue weighted by Crippen LogP contribution is -2.40. The normalized spacial score (nSPS) is 9.71. The second-order valence-corrected chi connectivity index (χ2v) is 4.30. The Morgan fingerprint density at radius 3 is 2.62 bits per heavy atom. The van der Waals surface area contributed by atoms with Gasteiger partial charge in [-0.05, 0) is 17.8 Å². The molecular formula is C13H16N2O5S. The Hall–Kier alpha value is -2.19. The van der Waals surface area contributed by atoms with Gasteiger partial charge in [0.25, 0.3) is 0 Å². The van der Waals surface area contributed by atoms with E-state index in [4.69, 9.17) is 26.8 Å². The van der Waals surface area contributed by atoms with Crippen LogP contribution in [-0.4, -0.2) is 42.0 Å². The molecule has 8 heteroatoms. The number of hydrogen-bond donors (Lipinski definition) is 3. The number of carbonyl (C=O) groups excluding carboxylic acids is 1. The molecule has 7 nitrogen and oxygen atoms in total. The van der Waals surface area contributed by atoms with Crippen molar-refractivity contribution in [1.29, 1.82) is 0 Å². The molecule has 1 aromatic rings. The molecule has 0 spiro atoms. The molecule has 0 aliphatic heterocycles. The molecule has 0 aliphatic rings. The average Bonchev–Trinajstić information content (AvgIpc) is 2.45. The molecular weight excluding hydrogens is 296 g/mol. The molecule has 0 radical (unpaired) electrons. The van der Waals surface area contributed by atoms with E-state index in [0.717, 1.165) is 5.56 Å². The number of thiocarbonyl (C=S) groups is 1. The number of hydrogen-bond acceptors (Lipinski definition) is 5. The zero-order valence-electron chi connectivity index (χ0n) is 11.2. The minimum atomic E-state index is -1.04. The van der Waals surface area contributed by atoms with Crippen LogP contribution in [0.5, 0.6) is 0 Å². The smallest absolute Gasteiger partial charge is 0.413 e. The van der Waals surface area contributed by atoms with E-state index in [1.54, 1.807) is 0 Å². The number of alkyl carbamates (subject to hydrolysis) is 1. The van der Waals surface area contributed by atoms with Gasteiger partial charge in [-0.3, -0.25) is 5.32 Å². The Labute approximate surface area is 127 Å². The molecule has 114 valence electrons. The summed E-state index contributed by atoms with van der Waals surface area (Å²) in [5.74, 6) is -1.04. The Morgan fingerprint density at radius 1 is 1.24 bits per heavy atom. The Bertz CT molecular complexity index is 481. The molecule has 0 fully saturated rings. The van der Waals surface area contributed by atoms with Crippen molar-refractivity contribution in [3.8, 4) is 0 Å². The average molecular weight is 312 g/mol. The first kappa shape index (κ1) is 16.9. The van der Waals surface area contributed by atoms with Gasteiger partial charge in [-0.25, -0.2) is 9.59 Å². The lowest BCUT2D eigenvalue weighted by molar-refractivity contribution is -0.142. The van der Waals surface area contributed by atoms with Crippen LogP contribution >= 0.6 is 12.2 Å². The number of carboxylic acids is 1. The summed E-state index contributed by atoms with van der Waals surface area (Å²) in [6.07, 6.45) is -0.664. The van der Waals surface area contributed by atoms with Crippen molar-refractivity contribution in [1.82, 2.24) is 10.6 Å². The molecule has 0 aliphatic carbocycles. The summed E-state index contributed by atoms with van der Waals surface area (Å²) in [6.45, 7) is 0.219. The van der Waals surface area contributed by atoms with Crippen LogP contribution < -0.4 is 10.6 Å². The van der Waals surface area contributed by atoms with E-state index in [2.05, 4.69) is 10.6 Å². The maximum absolute atomic E-state index is 11.4. The van der Waals surface area contributed by atoms with Gasteiger partial charge in [0.2, 0.25) is 0 Å². The molecule has 0 aromatic heterocycles. The summed E-state index contributed by atoms with van der Waals surface area (Å²) in [6, 6.07) is 9.24. The quantitative estimate of drug-likeness (QED) is 0.508. The molecule has 1 amide bonds. The number of amides is 1. The van der Waals surface area contributed by atoms with Gasteiger partial charge in [-0.2, -0.15) is 0 Å². The molecule has 1 aromatic carbocycles. The molecule has 0 bridgehead atoms. The zero-order chi connectivity index (χ0) is 15.5. The first-order chi connectivity index (χ1) is 10.1. The van der Waals surface area contributed by atoms with Crippen LogP contribution in [-0.2, 0) is 20.9 Å². The van der Waals surface area contributed by atoms with E-state index in [-0.39, 0.29) is 31.5 Å². The highest BCUT2D eigenvalue weighted by Crippen LogP contribution is 2.00. The number of benzene rings is 1. The predicted octanol–water partition coefficient (Wildman–Crippen LogP) is 0.889. The van der Waals surface area contributed by atoms with Crippen LogP contribution in [0.15, 0.2) is 30.3 Å². The number of carbonyl (C=O) groups is 2. The van der Waals surface area contributed by atoms with Gasteiger partial charge in [-0.1, -0.05) is 30.3 Å². The molecule has 0 heterocycles. The van der Waals surface area contributed by atoms with Crippen molar-refractivity contribution in [2.24, 2.45) is 0 Å². The Morgan fingerprint density at radius 2 is 1.95 bits per heavy atom. The standard InChI is InChI=1S/C13H16N2O5S/c16-11(17)9-19-7-6-14-12(21)15-13(18)20-8-10-4-2-1-3-5-10/h1-5H,6-9H2,(H,16,17)(H2,14,15,18,21). The minimum absolute atomic E-state index is 0.0898. The maximum Gasteiger partial charge on any atom is 0.413 e. The third-order valence-corrected chi connectivity index (χ3v) is 2.43. The molecule has 0 atom stereocenters. The van der Waals surface area contributed by atoms with Crippen molar-refractivity contribution >= 4 is 29.4 Å². The van der Waals surface area contributed by atoms with Gasteiger partial charge in [-0.15, -0.1) is 0 Å². The molecule has 1 rings (SSSR count). The summed E-state index contributed by atoms with van der Waals surface area (Å²) in [5.41, 5.74) is 0.869. The third kappa shape index (κ3) is 8.56. The van der Waals surface area contributed by atoms with E-state index >= 15 is 0 Å². The van der Waals surface area contributed by atoms with Crippen molar-refractivity contribution in [2.75, 3.05) is 19.8 Å². The first-order valence-corrected chi connectivity index (χ1v) is 6.54. The molecule has 0 saturated carbocycles. The van der Waals surface area contributed by atoms with Gasteiger partial charge in [0, 0.05) is 6.54 Å². The van der Waals surface area contributed by atoms with Crippen LogP contribution in [0.3, 0.4) is 0 Å². The van der Waals surface area contributed by atoms with Gasteiger partial charge in [0.1, 0.15) is 13.2 Å². The second-order valence-electron chi connectivity index (χ2n) is 3.89. The van der Waals surface area contributed by atoms with E-state index in [9.17, 15) is 9.59 Å². The van der Waals surface area contributed by atoms with E-state index in [0.29, 0.717) is 0 Å². The summed E-state index contributed by atoms with van der Waals surface area (Å²) in [7, 11) is 0. The number of carboxylic acid groups (broad SMARTS) is 1. The Kier molecular flexibility index (Phi) is 7.77. The highest BCUT2D eigenvalue weighted by molar-refractivity contribution is 7.80. The monoisotopic (exact) mass is 312 g/mol. The number of ether oxygens (including phenoxy) is 2. The SMILES string of the molecule is O=C(O)COCCNC(=S)NC(=O)OCc1ccccc1. The lowest BCUT2D eigenvalue weighted by Gasteiger charge is -2.10. The predicted molar refractivity (Wildman–Crippen MR) is 78.8 cm³/mol. The van der Waals surface area contributed by atoms with Crippen molar-refractivity contribution in [3.63, 3.8) is 0 Å². The molecule has 3 N–H and O–H groups in total. The van der Waals surface area contributed by atoms with Crippen molar-refractivity contribution < 1.29 is 24.2 Å². The highest BCUT2D eigenvalue weighted by Gasteiger charge is 2.05. The summed E-state index contributed by atoms with van der Waals surface area (Å²) < 4.78 is 9.76. The highest BCUT2D eigenvalue weighted by atomic mass is 32.1. The first-order valence-electron chi connectivity index (χ1n) is 6.13. The fourth-order valence-electron chi connectivity index (χ4n) is 1.29. The van der Waals surface area contributed by atoms with Gasteiger partial charge in [0.15, 0.2) is 5.11 Å². The zero-order valence-corrected chi connectivity index (χ0v) is 12.0. The van der Waals surface area contributed by atoms with E-state index in [1.165, 1.54) is 0 Å². The topological polar surface area (TPSA) is 96.9 Å². The number of rotatable bonds is 7. The summed E-state index contributed by atoms with van der Waals surface area (Å²) in [5, 5.41) is 13.5. The van der Waals surface area contributed by atoms with E-state index < -0.39 is 12.1 Å². The summed E-state index contributed by atoms with van der Waals surface area (Å²) in [4.78, 5) is 21.6. The number of aliphatic carboxylic acids is 1. The Balaban J connectivity index is 2.10. The van der Waals surface area contributed by atoms with Crippen molar-refractivity contribution in [3.05, 3.63) is 35.9 Å². The van der Waals surface area contributed by atoms with Crippen molar-refractivity contribution in [2.45, 2.75) is 6.61 Å². The lowest BCUT2D eigenvalue weighted by atomic mass is 10.2. The summed E-state index contributed by atoms with van der Waals surface area (Å²) >= 11 is 4.87.